The number of aliphatic hydroxyl groups excluding tert-OH is 1. The van der Waals surface area contributed by atoms with Crippen molar-refractivity contribution in [2.24, 2.45) is 0 Å². The van der Waals surface area contributed by atoms with Crippen LogP contribution in [0.4, 0.5) is 0 Å². The molecular weight excluding hydrogens is 314 g/mol. The van der Waals surface area contributed by atoms with Gasteiger partial charge in [-0.1, -0.05) is 18.2 Å². The van der Waals surface area contributed by atoms with Crippen LogP contribution in [0.25, 0.3) is 11.4 Å². The molecule has 5 heteroatoms. The highest BCUT2D eigenvalue weighted by Crippen LogP contribution is 2.28. The standard InChI is InChI=1S/C20H21N3O2/c24-14-16-12-17(13-22-16)23-11-10-21-20(23)15-6-8-19(9-7-15)25-18-4-2-1-3-5-18/h1-11,16-17,22,24H,12-14H2/t16-,17+/m0/s1. The first kappa shape index (κ1) is 15.9. The number of hydrogen-bond donors (Lipinski definition) is 2. The minimum atomic E-state index is 0.168. The van der Waals surface area contributed by atoms with Crippen molar-refractivity contribution in [3.63, 3.8) is 0 Å². The van der Waals surface area contributed by atoms with E-state index in [1.54, 1.807) is 0 Å². The topological polar surface area (TPSA) is 59.3 Å². The maximum atomic E-state index is 9.32. The molecule has 4 rings (SSSR count). The van der Waals surface area contributed by atoms with Gasteiger partial charge in [0.1, 0.15) is 17.3 Å². The normalized spacial score (nSPS) is 19.9. The fourth-order valence-electron chi connectivity index (χ4n) is 3.28. The lowest BCUT2D eigenvalue weighted by atomic mass is 10.1. The van der Waals surface area contributed by atoms with E-state index in [2.05, 4.69) is 14.9 Å². The highest BCUT2D eigenvalue weighted by molar-refractivity contribution is 5.57. The van der Waals surface area contributed by atoms with Gasteiger partial charge in [-0.2, -0.15) is 0 Å². The lowest BCUT2D eigenvalue weighted by Gasteiger charge is -2.15. The molecule has 0 spiro atoms. The molecule has 3 aromatic rings. The molecular formula is C20H21N3O2. The number of hydrogen-bond acceptors (Lipinski definition) is 4. The van der Waals surface area contributed by atoms with Gasteiger partial charge in [0.25, 0.3) is 0 Å². The molecule has 2 N–H and O–H groups in total. The summed E-state index contributed by atoms with van der Waals surface area (Å²) in [6.45, 7) is 1.02. The van der Waals surface area contributed by atoms with Gasteiger partial charge in [0.2, 0.25) is 0 Å². The van der Waals surface area contributed by atoms with Crippen molar-refractivity contribution in [2.45, 2.75) is 18.5 Å². The Morgan fingerprint density at radius 1 is 1.08 bits per heavy atom. The molecule has 1 saturated heterocycles. The fourth-order valence-corrected chi connectivity index (χ4v) is 3.28. The minimum absolute atomic E-state index is 0.168. The van der Waals surface area contributed by atoms with Crippen molar-refractivity contribution in [1.29, 1.82) is 0 Å². The molecule has 1 aromatic heterocycles. The van der Waals surface area contributed by atoms with E-state index < -0.39 is 0 Å². The first-order chi connectivity index (χ1) is 12.3. The summed E-state index contributed by atoms with van der Waals surface area (Å²) in [6.07, 6.45) is 4.75. The Hall–Kier alpha value is -2.63. The summed E-state index contributed by atoms with van der Waals surface area (Å²) in [7, 11) is 0. The van der Waals surface area contributed by atoms with Gasteiger partial charge in [0, 0.05) is 36.6 Å². The molecule has 1 aliphatic rings. The third kappa shape index (κ3) is 3.43. The molecule has 0 bridgehead atoms. The van der Waals surface area contributed by atoms with Crippen molar-refractivity contribution in [2.75, 3.05) is 13.2 Å². The van der Waals surface area contributed by atoms with Crippen molar-refractivity contribution in [3.8, 4) is 22.9 Å². The number of nitrogens with zero attached hydrogens (tertiary/aromatic N) is 2. The summed E-state index contributed by atoms with van der Waals surface area (Å²) < 4.78 is 8.03. The Morgan fingerprint density at radius 3 is 2.56 bits per heavy atom. The van der Waals surface area contributed by atoms with Crippen LogP contribution in [-0.4, -0.2) is 33.9 Å². The fraction of sp³-hybridized carbons (Fsp3) is 0.250. The molecule has 0 saturated carbocycles. The van der Waals surface area contributed by atoms with E-state index in [9.17, 15) is 5.11 Å². The zero-order chi connectivity index (χ0) is 17.1. The number of para-hydroxylation sites is 1. The van der Waals surface area contributed by atoms with Crippen molar-refractivity contribution in [1.82, 2.24) is 14.9 Å². The molecule has 0 unspecified atom stereocenters. The molecule has 128 valence electrons. The highest BCUT2D eigenvalue weighted by Gasteiger charge is 2.26. The second-order valence-electron chi connectivity index (χ2n) is 6.27. The average Bonchev–Trinajstić information content (AvgIpc) is 3.32. The highest BCUT2D eigenvalue weighted by atomic mass is 16.5. The van der Waals surface area contributed by atoms with Gasteiger partial charge in [-0.15, -0.1) is 0 Å². The van der Waals surface area contributed by atoms with Crippen LogP contribution in [0.5, 0.6) is 11.5 Å². The van der Waals surface area contributed by atoms with Crippen molar-refractivity contribution in [3.05, 3.63) is 67.0 Å². The van der Waals surface area contributed by atoms with E-state index in [0.29, 0.717) is 6.04 Å². The Labute approximate surface area is 146 Å². The van der Waals surface area contributed by atoms with Gasteiger partial charge < -0.3 is 19.7 Å². The van der Waals surface area contributed by atoms with Crippen LogP contribution in [0.3, 0.4) is 0 Å². The first-order valence-electron chi connectivity index (χ1n) is 8.54. The quantitative estimate of drug-likeness (QED) is 0.751. The molecule has 2 aromatic carbocycles. The maximum absolute atomic E-state index is 9.32. The van der Waals surface area contributed by atoms with E-state index >= 15 is 0 Å². The summed E-state index contributed by atoms with van der Waals surface area (Å²) in [4.78, 5) is 4.53. The molecule has 25 heavy (non-hydrogen) atoms. The first-order valence-corrected chi connectivity index (χ1v) is 8.54. The summed E-state index contributed by atoms with van der Waals surface area (Å²) >= 11 is 0. The van der Waals surface area contributed by atoms with E-state index in [1.165, 1.54) is 0 Å². The molecule has 0 aliphatic carbocycles. The van der Waals surface area contributed by atoms with Gasteiger partial charge >= 0.3 is 0 Å². The van der Waals surface area contributed by atoms with Crippen molar-refractivity contribution >= 4 is 0 Å². The summed E-state index contributed by atoms with van der Waals surface area (Å²) in [5.74, 6) is 2.57. The van der Waals surface area contributed by atoms with Crippen LogP contribution >= 0.6 is 0 Å². The predicted molar refractivity (Wildman–Crippen MR) is 96.7 cm³/mol. The van der Waals surface area contributed by atoms with Gasteiger partial charge in [-0.3, -0.25) is 0 Å². The SMILES string of the molecule is OC[C@@H]1C[C@@H](n2ccnc2-c2ccc(Oc3ccccc3)cc2)CN1. The predicted octanol–water partition coefficient (Wildman–Crippen LogP) is 3.24. The molecule has 2 heterocycles. The number of rotatable bonds is 5. The molecule has 2 atom stereocenters. The van der Waals surface area contributed by atoms with Gasteiger partial charge in [-0.05, 0) is 42.8 Å². The van der Waals surface area contributed by atoms with Crippen LogP contribution < -0.4 is 10.1 Å². The minimum Gasteiger partial charge on any atom is -0.457 e. The van der Waals surface area contributed by atoms with Crippen molar-refractivity contribution < 1.29 is 9.84 Å². The second-order valence-corrected chi connectivity index (χ2v) is 6.27. The van der Waals surface area contributed by atoms with Gasteiger partial charge in [-0.25, -0.2) is 4.98 Å². The maximum Gasteiger partial charge on any atom is 0.140 e. The van der Waals surface area contributed by atoms with Gasteiger partial charge in [0.05, 0.1) is 6.61 Å². The summed E-state index contributed by atoms with van der Waals surface area (Å²) in [6, 6.07) is 18.2. The van der Waals surface area contributed by atoms with Crippen LogP contribution in [0.2, 0.25) is 0 Å². The zero-order valence-corrected chi connectivity index (χ0v) is 13.9. The smallest absolute Gasteiger partial charge is 0.140 e. The van der Waals surface area contributed by atoms with E-state index in [1.807, 2.05) is 67.0 Å². The zero-order valence-electron chi connectivity index (χ0n) is 13.9. The lowest BCUT2D eigenvalue weighted by molar-refractivity contribution is 0.253. The number of ether oxygens (including phenoxy) is 1. The Kier molecular flexibility index (Phi) is 4.50. The largest absolute Gasteiger partial charge is 0.457 e. The molecule has 0 radical (unpaired) electrons. The number of nitrogens with one attached hydrogen (secondary N) is 1. The van der Waals surface area contributed by atoms with Crippen LogP contribution in [0.1, 0.15) is 12.5 Å². The molecule has 1 aliphatic heterocycles. The average molecular weight is 335 g/mol. The van der Waals surface area contributed by atoms with E-state index in [-0.39, 0.29) is 12.6 Å². The third-order valence-electron chi connectivity index (χ3n) is 4.57. The van der Waals surface area contributed by atoms with Crippen LogP contribution in [0, 0.1) is 0 Å². The van der Waals surface area contributed by atoms with E-state index in [0.717, 1.165) is 35.9 Å². The Bertz CT molecular complexity index is 814. The second kappa shape index (κ2) is 7.09. The Balaban J connectivity index is 1.52. The molecule has 5 nitrogen and oxygen atoms in total. The number of aliphatic hydroxyl groups is 1. The number of aromatic nitrogens is 2. The summed E-state index contributed by atoms with van der Waals surface area (Å²) in [5.41, 5.74) is 1.05. The van der Waals surface area contributed by atoms with E-state index in [4.69, 9.17) is 4.74 Å². The van der Waals surface area contributed by atoms with Crippen LogP contribution in [-0.2, 0) is 0 Å². The number of imidazole rings is 1. The number of benzene rings is 2. The lowest BCUT2D eigenvalue weighted by Crippen LogP contribution is -2.24. The summed E-state index contributed by atoms with van der Waals surface area (Å²) in [5, 5.41) is 12.7. The third-order valence-corrected chi connectivity index (χ3v) is 4.57. The van der Waals surface area contributed by atoms with Crippen LogP contribution in [0.15, 0.2) is 67.0 Å². The van der Waals surface area contributed by atoms with Gasteiger partial charge in [0.15, 0.2) is 0 Å². The molecule has 1 fully saturated rings. The monoisotopic (exact) mass is 335 g/mol. The molecule has 0 amide bonds. The Morgan fingerprint density at radius 2 is 1.84 bits per heavy atom.